The summed E-state index contributed by atoms with van der Waals surface area (Å²) in [6.07, 6.45) is 2.24. The van der Waals surface area contributed by atoms with E-state index in [1.807, 2.05) is 38.1 Å². The van der Waals surface area contributed by atoms with Crippen LogP contribution in [0.15, 0.2) is 24.3 Å². The normalized spacial score (nSPS) is 15.9. The number of rotatable bonds is 7. The molecule has 0 aliphatic heterocycles. The molecule has 1 atom stereocenters. The first kappa shape index (κ1) is 15.8. The van der Waals surface area contributed by atoms with Gasteiger partial charge in [-0.3, -0.25) is 4.79 Å². The lowest BCUT2D eigenvalue weighted by Crippen LogP contribution is -2.36. The molecule has 1 aliphatic carbocycles. The van der Waals surface area contributed by atoms with Crippen LogP contribution in [0.25, 0.3) is 0 Å². The molecule has 4 nitrogen and oxygen atoms in total. The van der Waals surface area contributed by atoms with E-state index in [2.05, 4.69) is 0 Å². The summed E-state index contributed by atoms with van der Waals surface area (Å²) in [5.74, 6) is 1.20. The molecule has 0 aromatic heterocycles. The van der Waals surface area contributed by atoms with Crippen LogP contribution in [0.5, 0.6) is 5.75 Å². The van der Waals surface area contributed by atoms with Crippen molar-refractivity contribution in [3.63, 3.8) is 0 Å². The predicted molar refractivity (Wildman–Crippen MR) is 82.3 cm³/mol. The number of benzene rings is 1. The fraction of sp³-hybridized carbons (Fsp3) is 0.588. The molecule has 116 valence electrons. The van der Waals surface area contributed by atoms with Crippen LogP contribution in [0.3, 0.4) is 0 Å². The lowest BCUT2D eigenvalue weighted by molar-refractivity contribution is -0.130. The van der Waals surface area contributed by atoms with E-state index in [0.717, 1.165) is 24.2 Å². The van der Waals surface area contributed by atoms with E-state index in [-0.39, 0.29) is 18.1 Å². The van der Waals surface area contributed by atoms with Gasteiger partial charge in [0.25, 0.3) is 0 Å². The van der Waals surface area contributed by atoms with Crippen LogP contribution in [0.2, 0.25) is 0 Å². The van der Waals surface area contributed by atoms with Gasteiger partial charge in [0.15, 0.2) is 0 Å². The van der Waals surface area contributed by atoms with Crippen molar-refractivity contribution in [2.75, 3.05) is 13.6 Å². The number of hydrogen-bond acceptors (Lipinski definition) is 3. The molecule has 0 heterocycles. The van der Waals surface area contributed by atoms with Gasteiger partial charge in [-0.2, -0.15) is 0 Å². The Bertz CT molecular complexity index is 483. The molecule has 0 bridgehead atoms. The van der Waals surface area contributed by atoms with Crippen LogP contribution in [0.1, 0.15) is 32.3 Å². The second-order valence-electron chi connectivity index (χ2n) is 6.17. The third kappa shape index (κ3) is 5.05. The quantitative estimate of drug-likeness (QED) is 0.838. The Morgan fingerprint density at radius 3 is 2.76 bits per heavy atom. The Labute approximate surface area is 126 Å². The zero-order valence-corrected chi connectivity index (χ0v) is 13.1. The number of aliphatic hydroxyl groups is 1. The van der Waals surface area contributed by atoms with Gasteiger partial charge in [0.1, 0.15) is 5.75 Å². The summed E-state index contributed by atoms with van der Waals surface area (Å²) in [7, 11) is 1.75. The average molecular weight is 291 g/mol. The van der Waals surface area contributed by atoms with Gasteiger partial charge in [-0.25, -0.2) is 0 Å². The van der Waals surface area contributed by atoms with E-state index in [4.69, 9.17) is 4.74 Å². The molecular weight excluding hydrogens is 266 g/mol. The molecule has 21 heavy (non-hydrogen) atoms. The number of nitrogens with zero attached hydrogens (tertiary/aromatic N) is 1. The zero-order chi connectivity index (χ0) is 15.4. The number of hydrogen-bond donors (Lipinski definition) is 1. The Balaban J connectivity index is 1.88. The molecular formula is C17H25NO3. The second-order valence-corrected chi connectivity index (χ2v) is 6.17. The summed E-state index contributed by atoms with van der Waals surface area (Å²) in [6.45, 7) is 4.38. The molecule has 1 amide bonds. The first-order chi connectivity index (χ1) is 9.95. The number of carbonyl (C=O) groups is 1. The van der Waals surface area contributed by atoms with E-state index in [0.29, 0.717) is 18.9 Å². The van der Waals surface area contributed by atoms with Crippen molar-refractivity contribution in [1.29, 1.82) is 0 Å². The highest BCUT2D eigenvalue weighted by Gasteiger charge is 2.31. The smallest absolute Gasteiger partial charge is 0.226 e. The molecule has 1 fully saturated rings. The molecule has 1 aromatic carbocycles. The van der Waals surface area contributed by atoms with Gasteiger partial charge in [0, 0.05) is 13.6 Å². The monoisotopic (exact) mass is 291 g/mol. The Morgan fingerprint density at radius 2 is 2.14 bits per heavy atom. The topological polar surface area (TPSA) is 49.8 Å². The van der Waals surface area contributed by atoms with Gasteiger partial charge in [-0.05, 0) is 50.3 Å². The Morgan fingerprint density at radius 1 is 1.43 bits per heavy atom. The molecule has 1 N–H and O–H groups in total. The summed E-state index contributed by atoms with van der Waals surface area (Å²) in [4.78, 5) is 13.8. The van der Waals surface area contributed by atoms with Gasteiger partial charge in [-0.1, -0.05) is 12.1 Å². The minimum Gasteiger partial charge on any atom is -0.491 e. The van der Waals surface area contributed by atoms with Crippen molar-refractivity contribution in [3.05, 3.63) is 29.8 Å². The van der Waals surface area contributed by atoms with Crippen molar-refractivity contribution >= 4 is 5.91 Å². The molecule has 1 aliphatic rings. The van der Waals surface area contributed by atoms with Crippen LogP contribution in [-0.2, 0) is 11.2 Å². The molecule has 0 saturated heterocycles. The summed E-state index contributed by atoms with van der Waals surface area (Å²) < 4.78 is 5.64. The standard InChI is InChI=1S/C17H25NO3/c1-12(2)21-15-6-4-5-13(9-15)10-17(20)18(3)11-16(19)14-7-8-14/h4-6,9,12,14,16,19H,7-8,10-11H2,1-3H3. The maximum atomic E-state index is 12.2. The van der Waals surface area contributed by atoms with Crippen molar-refractivity contribution in [2.45, 2.75) is 45.3 Å². The van der Waals surface area contributed by atoms with Gasteiger partial charge >= 0.3 is 0 Å². The number of carbonyl (C=O) groups excluding carboxylic acids is 1. The van der Waals surface area contributed by atoms with E-state index in [1.54, 1.807) is 11.9 Å². The predicted octanol–water partition coefficient (Wildman–Crippen LogP) is 2.25. The van der Waals surface area contributed by atoms with Crippen molar-refractivity contribution < 1.29 is 14.6 Å². The summed E-state index contributed by atoms with van der Waals surface area (Å²) in [5.41, 5.74) is 0.936. The van der Waals surface area contributed by atoms with Crippen LogP contribution in [0, 0.1) is 5.92 Å². The number of likely N-dealkylation sites (N-methyl/N-ethyl adjacent to an activating group) is 1. The molecule has 2 rings (SSSR count). The third-order valence-corrected chi connectivity index (χ3v) is 3.68. The summed E-state index contributed by atoms with van der Waals surface area (Å²) >= 11 is 0. The Hall–Kier alpha value is -1.55. The summed E-state index contributed by atoms with van der Waals surface area (Å²) in [5, 5.41) is 9.90. The number of amides is 1. The molecule has 1 unspecified atom stereocenters. The largest absolute Gasteiger partial charge is 0.491 e. The van der Waals surface area contributed by atoms with Crippen LogP contribution < -0.4 is 4.74 Å². The van der Waals surface area contributed by atoms with E-state index >= 15 is 0 Å². The molecule has 0 radical (unpaired) electrons. The maximum Gasteiger partial charge on any atom is 0.226 e. The maximum absolute atomic E-state index is 12.2. The first-order valence-electron chi connectivity index (χ1n) is 7.63. The fourth-order valence-corrected chi connectivity index (χ4v) is 2.32. The third-order valence-electron chi connectivity index (χ3n) is 3.68. The van der Waals surface area contributed by atoms with Crippen molar-refractivity contribution in [3.8, 4) is 5.75 Å². The lowest BCUT2D eigenvalue weighted by Gasteiger charge is -2.21. The van der Waals surface area contributed by atoms with Crippen LogP contribution in [-0.4, -0.2) is 41.7 Å². The highest BCUT2D eigenvalue weighted by molar-refractivity contribution is 5.78. The van der Waals surface area contributed by atoms with E-state index < -0.39 is 0 Å². The molecule has 1 saturated carbocycles. The van der Waals surface area contributed by atoms with Gasteiger partial charge in [0.05, 0.1) is 18.6 Å². The van der Waals surface area contributed by atoms with Crippen LogP contribution in [0.4, 0.5) is 0 Å². The molecule has 4 heteroatoms. The lowest BCUT2D eigenvalue weighted by atomic mass is 10.1. The van der Waals surface area contributed by atoms with Crippen molar-refractivity contribution in [2.24, 2.45) is 5.92 Å². The SMILES string of the molecule is CC(C)Oc1cccc(CC(=O)N(C)CC(O)C2CC2)c1. The average Bonchev–Trinajstić information content (AvgIpc) is 3.22. The molecule has 1 aromatic rings. The van der Waals surface area contributed by atoms with Gasteiger partial charge in [-0.15, -0.1) is 0 Å². The van der Waals surface area contributed by atoms with E-state index in [9.17, 15) is 9.90 Å². The minimum absolute atomic E-state index is 0.0244. The number of aliphatic hydroxyl groups excluding tert-OH is 1. The zero-order valence-electron chi connectivity index (χ0n) is 13.1. The summed E-state index contributed by atoms with van der Waals surface area (Å²) in [6, 6.07) is 7.63. The molecule has 0 spiro atoms. The first-order valence-corrected chi connectivity index (χ1v) is 7.63. The minimum atomic E-state index is -0.380. The van der Waals surface area contributed by atoms with Crippen LogP contribution >= 0.6 is 0 Å². The van der Waals surface area contributed by atoms with Gasteiger partial charge < -0.3 is 14.7 Å². The second kappa shape index (κ2) is 6.94. The number of ether oxygens (including phenoxy) is 1. The fourth-order valence-electron chi connectivity index (χ4n) is 2.32. The van der Waals surface area contributed by atoms with E-state index in [1.165, 1.54) is 0 Å². The Kier molecular flexibility index (Phi) is 5.23. The highest BCUT2D eigenvalue weighted by atomic mass is 16.5. The van der Waals surface area contributed by atoms with Gasteiger partial charge in [0.2, 0.25) is 5.91 Å². The van der Waals surface area contributed by atoms with Crippen molar-refractivity contribution in [1.82, 2.24) is 4.90 Å². The highest BCUT2D eigenvalue weighted by Crippen LogP contribution is 2.32.